The van der Waals surface area contributed by atoms with Crippen LogP contribution in [0.3, 0.4) is 0 Å². The first-order valence-electron chi connectivity index (χ1n) is 7.94. The van der Waals surface area contributed by atoms with Gasteiger partial charge in [-0.05, 0) is 58.1 Å². The number of rotatable bonds is 8. The van der Waals surface area contributed by atoms with Crippen molar-refractivity contribution in [1.82, 2.24) is 0 Å². The minimum atomic E-state index is -0.290. The van der Waals surface area contributed by atoms with Gasteiger partial charge in [0.2, 0.25) is 0 Å². The zero-order valence-electron chi connectivity index (χ0n) is 13.8. The maximum atomic E-state index is 5.62. The van der Waals surface area contributed by atoms with E-state index in [9.17, 15) is 0 Å². The van der Waals surface area contributed by atoms with E-state index in [0.29, 0.717) is 0 Å². The molecule has 0 radical (unpaired) electrons. The highest BCUT2D eigenvalue weighted by molar-refractivity contribution is 5.40. The molecule has 1 aromatic rings. The third kappa shape index (κ3) is 5.96. The fourth-order valence-corrected chi connectivity index (χ4v) is 2.10. The second-order valence-electron chi connectivity index (χ2n) is 6.38. The average Bonchev–Trinajstić information content (AvgIpc) is 2.40. The van der Waals surface area contributed by atoms with Crippen LogP contribution in [0, 0.1) is 0 Å². The molecule has 0 saturated heterocycles. The summed E-state index contributed by atoms with van der Waals surface area (Å²) in [5, 5.41) is 0. The molecular formula is C18H30O2. The van der Waals surface area contributed by atoms with Crippen molar-refractivity contribution in [2.45, 2.75) is 78.7 Å². The Morgan fingerprint density at radius 1 is 0.950 bits per heavy atom. The van der Waals surface area contributed by atoms with Crippen LogP contribution in [0.15, 0.2) is 18.2 Å². The summed E-state index contributed by atoms with van der Waals surface area (Å²) in [4.78, 5) is 11.1. The fraction of sp³-hybridized carbons (Fsp3) is 0.667. The van der Waals surface area contributed by atoms with Crippen LogP contribution in [0.5, 0.6) is 5.75 Å². The van der Waals surface area contributed by atoms with Gasteiger partial charge in [-0.1, -0.05) is 38.8 Å². The molecule has 2 heteroatoms. The van der Waals surface area contributed by atoms with Crippen molar-refractivity contribution >= 4 is 0 Å². The third-order valence-corrected chi connectivity index (χ3v) is 3.19. The normalized spacial score (nSPS) is 11.7. The number of hydrogen-bond donors (Lipinski definition) is 0. The molecule has 0 aliphatic rings. The quantitative estimate of drug-likeness (QED) is 0.463. The second kappa shape index (κ2) is 8.31. The number of hydrogen-bond acceptors (Lipinski definition) is 2. The number of benzene rings is 1. The van der Waals surface area contributed by atoms with Crippen LogP contribution in [0.25, 0.3) is 0 Å². The molecule has 0 amide bonds. The van der Waals surface area contributed by atoms with E-state index in [1.54, 1.807) is 0 Å². The molecule has 114 valence electrons. The third-order valence-electron chi connectivity index (χ3n) is 3.19. The molecule has 0 unspecified atom stereocenters. The van der Waals surface area contributed by atoms with E-state index in [1.165, 1.54) is 36.8 Å². The zero-order chi connectivity index (χ0) is 15.0. The van der Waals surface area contributed by atoms with Crippen molar-refractivity contribution in [3.8, 4) is 5.75 Å². The van der Waals surface area contributed by atoms with Crippen LogP contribution >= 0.6 is 0 Å². The predicted molar refractivity (Wildman–Crippen MR) is 85.1 cm³/mol. The summed E-state index contributed by atoms with van der Waals surface area (Å²) in [5.41, 5.74) is 2.45. The Bertz CT molecular complexity index is 391. The molecule has 0 aromatic heterocycles. The zero-order valence-corrected chi connectivity index (χ0v) is 13.8. The van der Waals surface area contributed by atoms with E-state index in [-0.39, 0.29) is 5.60 Å². The maximum Gasteiger partial charge on any atom is 0.168 e. The van der Waals surface area contributed by atoms with Crippen molar-refractivity contribution in [3.05, 3.63) is 29.3 Å². The smallest absolute Gasteiger partial charge is 0.168 e. The number of aryl methyl sites for hydroxylation is 1. The fourth-order valence-electron chi connectivity index (χ4n) is 2.10. The molecule has 0 spiro atoms. The van der Waals surface area contributed by atoms with Gasteiger partial charge in [0, 0.05) is 5.56 Å². The van der Waals surface area contributed by atoms with Gasteiger partial charge in [0.05, 0.1) is 0 Å². The Balaban J connectivity index is 2.89. The lowest BCUT2D eigenvalue weighted by atomic mass is 9.97. The molecule has 0 aliphatic carbocycles. The van der Waals surface area contributed by atoms with Gasteiger partial charge in [-0.15, -0.1) is 0 Å². The Kier molecular flexibility index (Phi) is 7.08. The van der Waals surface area contributed by atoms with Crippen LogP contribution in [0.2, 0.25) is 0 Å². The van der Waals surface area contributed by atoms with Crippen molar-refractivity contribution in [2.24, 2.45) is 0 Å². The number of unbranched alkanes of at least 4 members (excludes halogenated alkanes) is 2. The summed E-state index contributed by atoms with van der Waals surface area (Å²) in [6, 6.07) is 6.32. The molecular weight excluding hydrogens is 248 g/mol. The summed E-state index contributed by atoms with van der Waals surface area (Å²) in [6.07, 6.45) is 7.03. The lowest BCUT2D eigenvalue weighted by Gasteiger charge is -2.20. The molecule has 2 nitrogen and oxygen atoms in total. The Morgan fingerprint density at radius 3 is 2.20 bits per heavy atom. The van der Waals surface area contributed by atoms with Gasteiger partial charge in [-0.2, -0.15) is 4.89 Å². The van der Waals surface area contributed by atoms with E-state index >= 15 is 0 Å². The molecule has 0 saturated carbocycles. The van der Waals surface area contributed by atoms with Crippen LogP contribution < -0.4 is 4.89 Å². The highest BCUT2D eigenvalue weighted by Crippen LogP contribution is 2.27. The van der Waals surface area contributed by atoms with Gasteiger partial charge in [0.25, 0.3) is 0 Å². The lowest BCUT2D eigenvalue weighted by Crippen LogP contribution is -2.21. The first-order valence-corrected chi connectivity index (χ1v) is 7.94. The minimum Gasteiger partial charge on any atom is -0.337 e. The van der Waals surface area contributed by atoms with Crippen LogP contribution in [-0.4, -0.2) is 5.60 Å². The SMILES string of the molecule is CCCCc1cccc(OOC(C)(C)C)c1CCCC. The van der Waals surface area contributed by atoms with Gasteiger partial charge in [-0.25, -0.2) is 0 Å². The highest BCUT2D eigenvalue weighted by Gasteiger charge is 2.15. The van der Waals surface area contributed by atoms with Crippen molar-refractivity contribution < 1.29 is 9.78 Å². The predicted octanol–water partition coefficient (Wildman–Crippen LogP) is 5.48. The second-order valence-corrected chi connectivity index (χ2v) is 6.38. The van der Waals surface area contributed by atoms with E-state index < -0.39 is 0 Å². The molecule has 0 N–H and O–H groups in total. The molecule has 1 aromatic carbocycles. The van der Waals surface area contributed by atoms with Gasteiger partial charge < -0.3 is 4.89 Å². The largest absolute Gasteiger partial charge is 0.337 e. The van der Waals surface area contributed by atoms with E-state index in [1.807, 2.05) is 26.8 Å². The van der Waals surface area contributed by atoms with Gasteiger partial charge in [0.15, 0.2) is 5.75 Å². The standard InChI is InChI=1S/C18H30O2/c1-6-8-11-15-12-10-14-17(16(15)13-9-7-2)19-20-18(3,4)5/h10,12,14H,6-9,11,13H2,1-5H3. The molecule has 0 fully saturated rings. The lowest BCUT2D eigenvalue weighted by molar-refractivity contribution is -0.275. The Labute approximate surface area is 124 Å². The van der Waals surface area contributed by atoms with Crippen molar-refractivity contribution in [1.29, 1.82) is 0 Å². The molecule has 0 bridgehead atoms. The molecule has 1 rings (SSSR count). The first-order chi connectivity index (χ1) is 9.48. The monoisotopic (exact) mass is 278 g/mol. The topological polar surface area (TPSA) is 18.5 Å². The molecule has 0 heterocycles. The van der Waals surface area contributed by atoms with Crippen LogP contribution in [-0.2, 0) is 17.7 Å². The van der Waals surface area contributed by atoms with Crippen molar-refractivity contribution in [2.75, 3.05) is 0 Å². The van der Waals surface area contributed by atoms with Crippen LogP contribution in [0.4, 0.5) is 0 Å². The van der Waals surface area contributed by atoms with E-state index in [4.69, 9.17) is 9.78 Å². The van der Waals surface area contributed by atoms with Crippen molar-refractivity contribution in [3.63, 3.8) is 0 Å². The Morgan fingerprint density at radius 2 is 1.60 bits per heavy atom. The maximum absolute atomic E-state index is 5.62. The molecule has 0 atom stereocenters. The molecule has 20 heavy (non-hydrogen) atoms. The highest BCUT2D eigenvalue weighted by atomic mass is 17.2. The summed E-state index contributed by atoms with van der Waals surface area (Å²) in [7, 11) is 0. The Hall–Kier alpha value is -1.02. The summed E-state index contributed by atoms with van der Waals surface area (Å²) < 4.78 is 0. The van der Waals surface area contributed by atoms with Gasteiger partial charge >= 0.3 is 0 Å². The molecule has 0 aliphatic heterocycles. The summed E-state index contributed by atoms with van der Waals surface area (Å²) >= 11 is 0. The first kappa shape index (κ1) is 17.0. The summed E-state index contributed by atoms with van der Waals surface area (Å²) in [5.74, 6) is 0.891. The minimum absolute atomic E-state index is 0.290. The van der Waals surface area contributed by atoms with E-state index in [0.717, 1.165) is 18.6 Å². The van der Waals surface area contributed by atoms with E-state index in [2.05, 4.69) is 26.0 Å². The summed E-state index contributed by atoms with van der Waals surface area (Å²) in [6.45, 7) is 10.5. The average molecular weight is 278 g/mol. The van der Waals surface area contributed by atoms with Gasteiger partial charge in [0.1, 0.15) is 5.60 Å². The van der Waals surface area contributed by atoms with Crippen LogP contribution in [0.1, 0.15) is 71.4 Å². The van der Waals surface area contributed by atoms with Gasteiger partial charge in [-0.3, -0.25) is 0 Å².